The van der Waals surface area contributed by atoms with Crippen LogP contribution in [0.3, 0.4) is 0 Å². The lowest BCUT2D eigenvalue weighted by molar-refractivity contribution is 0.122. The highest BCUT2D eigenvalue weighted by Gasteiger charge is 2.13. The molecule has 0 amide bonds. The minimum Gasteiger partial charge on any atom is -0.378 e. The van der Waals surface area contributed by atoms with E-state index in [1.54, 1.807) is 29.2 Å². The van der Waals surface area contributed by atoms with Gasteiger partial charge in [-0.25, -0.2) is 19.3 Å². The largest absolute Gasteiger partial charge is 0.378 e. The van der Waals surface area contributed by atoms with E-state index in [0.29, 0.717) is 37.9 Å². The Morgan fingerprint density at radius 3 is 2.85 bits per heavy atom. The van der Waals surface area contributed by atoms with Crippen molar-refractivity contribution >= 4 is 11.6 Å². The van der Waals surface area contributed by atoms with Crippen LogP contribution in [0.4, 0.5) is 11.6 Å². The summed E-state index contributed by atoms with van der Waals surface area (Å²) < 4.78 is 8.39. The molecular weight excluding hydrogens is 348 g/mol. The van der Waals surface area contributed by atoms with Gasteiger partial charge in [0.2, 0.25) is 0 Å². The van der Waals surface area contributed by atoms with Gasteiger partial charge in [0.1, 0.15) is 18.0 Å². The van der Waals surface area contributed by atoms with Crippen LogP contribution in [0.15, 0.2) is 47.8 Å². The van der Waals surface area contributed by atoms with E-state index in [0.717, 1.165) is 18.9 Å². The maximum atomic E-state index is 12.0. The summed E-state index contributed by atoms with van der Waals surface area (Å²) in [4.78, 5) is 22.8. The summed E-state index contributed by atoms with van der Waals surface area (Å²) in [5, 5.41) is 11.7. The molecule has 0 radical (unpaired) electrons. The summed E-state index contributed by atoms with van der Waals surface area (Å²) in [5.41, 5.74) is -0.163. The van der Waals surface area contributed by atoms with E-state index in [1.165, 1.54) is 17.1 Å². The summed E-state index contributed by atoms with van der Waals surface area (Å²) in [6.07, 6.45) is 4.99. The van der Waals surface area contributed by atoms with Gasteiger partial charge in [-0.3, -0.25) is 4.79 Å². The first-order valence-electron chi connectivity index (χ1n) is 8.76. The van der Waals surface area contributed by atoms with Crippen molar-refractivity contribution < 1.29 is 4.74 Å². The van der Waals surface area contributed by atoms with E-state index in [1.807, 2.05) is 6.07 Å². The highest BCUT2D eigenvalue weighted by atomic mass is 16.5. The van der Waals surface area contributed by atoms with Crippen molar-refractivity contribution in [3.63, 3.8) is 0 Å². The maximum Gasteiger partial charge on any atom is 0.266 e. The zero-order valence-corrected chi connectivity index (χ0v) is 14.7. The topological polar surface area (TPSA) is 103 Å². The van der Waals surface area contributed by atoms with Crippen LogP contribution in [-0.2, 0) is 11.3 Å². The molecule has 3 aromatic rings. The molecule has 1 aliphatic rings. The fraction of sp³-hybridized carbons (Fsp3) is 0.353. The quantitative estimate of drug-likeness (QED) is 0.657. The molecule has 0 saturated carbocycles. The first-order valence-corrected chi connectivity index (χ1v) is 8.76. The van der Waals surface area contributed by atoms with Crippen molar-refractivity contribution in [1.29, 1.82) is 0 Å². The second kappa shape index (κ2) is 7.96. The maximum absolute atomic E-state index is 12.0. The molecule has 10 nitrogen and oxygen atoms in total. The van der Waals surface area contributed by atoms with E-state index in [9.17, 15) is 4.79 Å². The van der Waals surface area contributed by atoms with Gasteiger partial charge in [0.25, 0.3) is 5.56 Å². The Balaban J connectivity index is 1.40. The van der Waals surface area contributed by atoms with Crippen molar-refractivity contribution in [1.82, 2.24) is 29.5 Å². The lowest BCUT2D eigenvalue weighted by Crippen LogP contribution is -2.36. The minimum absolute atomic E-state index is 0.163. The number of morpholine rings is 1. The van der Waals surface area contributed by atoms with Gasteiger partial charge in [-0.1, -0.05) is 0 Å². The molecule has 0 aromatic carbocycles. The van der Waals surface area contributed by atoms with Gasteiger partial charge >= 0.3 is 0 Å². The lowest BCUT2D eigenvalue weighted by Gasteiger charge is -2.27. The van der Waals surface area contributed by atoms with Crippen LogP contribution in [0, 0.1) is 0 Å². The summed E-state index contributed by atoms with van der Waals surface area (Å²) in [5.74, 6) is 2.17. The standard InChI is InChI=1S/C17H20N8O2/c26-17-3-2-15(24-6-1-4-21-24)22-25(17)7-5-18-14-12-16(20-13-19-14)23-8-10-27-11-9-23/h1-4,6,12-13H,5,7-11H2,(H,18,19,20). The van der Waals surface area contributed by atoms with E-state index in [2.05, 4.69) is 30.4 Å². The minimum atomic E-state index is -0.163. The van der Waals surface area contributed by atoms with Crippen LogP contribution in [0.1, 0.15) is 0 Å². The van der Waals surface area contributed by atoms with Crippen molar-refractivity contribution in [3.05, 3.63) is 53.3 Å². The lowest BCUT2D eigenvalue weighted by atomic mass is 10.4. The molecule has 3 aromatic heterocycles. The van der Waals surface area contributed by atoms with Crippen LogP contribution < -0.4 is 15.8 Å². The molecule has 4 heterocycles. The van der Waals surface area contributed by atoms with Crippen molar-refractivity contribution in [2.45, 2.75) is 6.54 Å². The second-order valence-electron chi connectivity index (χ2n) is 5.99. The third kappa shape index (κ3) is 4.11. The van der Waals surface area contributed by atoms with Gasteiger partial charge in [0.15, 0.2) is 5.82 Å². The molecule has 0 bridgehead atoms. The van der Waals surface area contributed by atoms with Gasteiger partial charge in [-0.05, 0) is 12.1 Å². The first kappa shape index (κ1) is 17.2. The van der Waals surface area contributed by atoms with Crippen LogP contribution in [0.5, 0.6) is 0 Å². The number of hydrogen-bond acceptors (Lipinski definition) is 8. The highest BCUT2D eigenvalue weighted by molar-refractivity contribution is 5.48. The molecule has 1 N–H and O–H groups in total. The van der Waals surface area contributed by atoms with Crippen molar-refractivity contribution in [3.8, 4) is 5.82 Å². The van der Waals surface area contributed by atoms with Crippen LogP contribution in [-0.4, -0.2) is 62.4 Å². The average Bonchev–Trinajstić information content (AvgIpc) is 3.25. The van der Waals surface area contributed by atoms with Crippen molar-refractivity contribution in [2.24, 2.45) is 0 Å². The molecular formula is C17H20N8O2. The molecule has 1 aliphatic heterocycles. The number of rotatable bonds is 6. The zero-order chi connectivity index (χ0) is 18.5. The number of ether oxygens (including phenoxy) is 1. The van der Waals surface area contributed by atoms with Gasteiger partial charge in [0.05, 0.1) is 19.8 Å². The summed E-state index contributed by atoms with van der Waals surface area (Å²) >= 11 is 0. The molecule has 0 spiro atoms. The third-order valence-corrected chi connectivity index (χ3v) is 4.21. The highest BCUT2D eigenvalue weighted by Crippen LogP contribution is 2.15. The average molecular weight is 368 g/mol. The molecule has 10 heteroatoms. The zero-order valence-electron chi connectivity index (χ0n) is 14.7. The van der Waals surface area contributed by atoms with Crippen molar-refractivity contribution in [2.75, 3.05) is 43.1 Å². The monoisotopic (exact) mass is 368 g/mol. The number of hydrogen-bond donors (Lipinski definition) is 1. The number of nitrogens with one attached hydrogen (secondary N) is 1. The number of aromatic nitrogens is 6. The normalized spacial score (nSPS) is 14.3. The summed E-state index contributed by atoms with van der Waals surface area (Å²) in [6, 6.07) is 6.85. The van der Waals surface area contributed by atoms with Gasteiger partial charge in [0, 0.05) is 44.2 Å². The van der Waals surface area contributed by atoms with Gasteiger partial charge in [-0.2, -0.15) is 5.10 Å². The Morgan fingerprint density at radius 2 is 2.04 bits per heavy atom. The van der Waals surface area contributed by atoms with Crippen LogP contribution >= 0.6 is 0 Å². The Hall–Kier alpha value is -3.27. The van der Waals surface area contributed by atoms with Gasteiger partial charge in [-0.15, -0.1) is 5.10 Å². The second-order valence-corrected chi connectivity index (χ2v) is 5.99. The molecule has 0 aliphatic carbocycles. The Kier molecular flexibility index (Phi) is 5.06. The molecule has 140 valence electrons. The van der Waals surface area contributed by atoms with E-state index >= 15 is 0 Å². The van der Waals surface area contributed by atoms with Gasteiger partial charge < -0.3 is 15.0 Å². The van der Waals surface area contributed by atoms with E-state index in [-0.39, 0.29) is 5.56 Å². The fourth-order valence-electron chi connectivity index (χ4n) is 2.82. The Labute approximate surface area is 155 Å². The van der Waals surface area contributed by atoms with E-state index < -0.39 is 0 Å². The number of nitrogens with zero attached hydrogens (tertiary/aromatic N) is 7. The Morgan fingerprint density at radius 1 is 1.15 bits per heavy atom. The third-order valence-electron chi connectivity index (χ3n) is 4.21. The fourth-order valence-corrected chi connectivity index (χ4v) is 2.82. The molecule has 0 atom stereocenters. The van der Waals surface area contributed by atoms with Crippen LogP contribution in [0.25, 0.3) is 5.82 Å². The predicted molar refractivity (Wildman–Crippen MR) is 99.2 cm³/mol. The Bertz CT molecular complexity index is 934. The summed E-state index contributed by atoms with van der Waals surface area (Å²) in [7, 11) is 0. The smallest absolute Gasteiger partial charge is 0.266 e. The van der Waals surface area contributed by atoms with E-state index in [4.69, 9.17) is 4.74 Å². The van der Waals surface area contributed by atoms with Crippen LogP contribution in [0.2, 0.25) is 0 Å². The molecule has 1 saturated heterocycles. The molecule has 1 fully saturated rings. The number of anilines is 2. The first-order chi connectivity index (χ1) is 13.3. The summed E-state index contributed by atoms with van der Waals surface area (Å²) in [6.45, 7) is 3.95. The predicted octanol–water partition coefficient (Wildman–Crippen LogP) is 0.168. The SMILES string of the molecule is O=c1ccc(-n2cccn2)nn1CCNc1cc(N2CCOCC2)ncn1. The molecule has 4 rings (SSSR count). The molecule has 27 heavy (non-hydrogen) atoms. The molecule has 0 unspecified atom stereocenters.